The molecule has 1 aromatic carbocycles. The van der Waals surface area contributed by atoms with Gasteiger partial charge in [0.15, 0.2) is 0 Å². The molecule has 0 unspecified atom stereocenters. The summed E-state index contributed by atoms with van der Waals surface area (Å²) in [6, 6.07) is 4.90. The molecule has 98 valence electrons. The van der Waals surface area contributed by atoms with Gasteiger partial charge in [0.2, 0.25) is 0 Å². The highest BCUT2D eigenvalue weighted by atomic mass is 16.4. The zero-order valence-corrected chi connectivity index (χ0v) is 11.1. The number of carboxylic acid groups (broad SMARTS) is 1. The molecule has 18 heavy (non-hydrogen) atoms. The van der Waals surface area contributed by atoms with E-state index < -0.39 is 5.97 Å². The third-order valence-electron chi connectivity index (χ3n) is 2.80. The topological polar surface area (TPSA) is 57.6 Å². The second kappa shape index (κ2) is 6.19. The van der Waals surface area contributed by atoms with E-state index in [0.29, 0.717) is 13.1 Å². The van der Waals surface area contributed by atoms with Crippen LogP contribution in [0.15, 0.2) is 18.2 Å². The van der Waals surface area contributed by atoms with E-state index in [2.05, 4.69) is 0 Å². The first kappa shape index (κ1) is 14.2. The Labute approximate surface area is 107 Å². The molecule has 0 spiro atoms. The summed E-state index contributed by atoms with van der Waals surface area (Å²) in [5, 5.41) is 9.15. The van der Waals surface area contributed by atoms with Gasteiger partial charge in [0.25, 0.3) is 5.91 Å². The van der Waals surface area contributed by atoms with Gasteiger partial charge in [-0.2, -0.15) is 0 Å². The molecular formula is C14H19NO3. The summed E-state index contributed by atoms with van der Waals surface area (Å²) >= 11 is 0. The average molecular weight is 249 g/mol. The van der Waals surface area contributed by atoms with Gasteiger partial charge in [0, 0.05) is 13.1 Å². The fourth-order valence-corrected chi connectivity index (χ4v) is 1.87. The summed E-state index contributed by atoms with van der Waals surface area (Å²) in [5.74, 6) is -1.27. The van der Waals surface area contributed by atoms with Crippen molar-refractivity contribution in [3.8, 4) is 0 Å². The molecule has 4 heteroatoms. The van der Waals surface area contributed by atoms with Crippen LogP contribution in [0.3, 0.4) is 0 Å². The molecule has 0 aliphatic heterocycles. The van der Waals surface area contributed by atoms with Crippen molar-refractivity contribution in [3.63, 3.8) is 0 Å². The minimum Gasteiger partial charge on any atom is -0.478 e. The van der Waals surface area contributed by atoms with Crippen LogP contribution in [0.4, 0.5) is 0 Å². The van der Waals surface area contributed by atoms with Gasteiger partial charge >= 0.3 is 5.97 Å². The maximum absolute atomic E-state index is 12.3. The molecule has 1 aromatic rings. The van der Waals surface area contributed by atoms with Crippen LogP contribution in [0.25, 0.3) is 0 Å². The van der Waals surface area contributed by atoms with Crippen molar-refractivity contribution in [3.05, 3.63) is 34.9 Å². The monoisotopic (exact) mass is 249 g/mol. The maximum Gasteiger partial charge on any atom is 0.336 e. The van der Waals surface area contributed by atoms with Crippen LogP contribution in [0.5, 0.6) is 0 Å². The molecular weight excluding hydrogens is 230 g/mol. The molecule has 0 aromatic heterocycles. The van der Waals surface area contributed by atoms with Gasteiger partial charge in [-0.3, -0.25) is 4.79 Å². The number of benzene rings is 1. The summed E-state index contributed by atoms with van der Waals surface area (Å²) in [7, 11) is 0. The Morgan fingerprint density at radius 1 is 1.22 bits per heavy atom. The maximum atomic E-state index is 12.3. The molecule has 0 saturated carbocycles. The zero-order chi connectivity index (χ0) is 13.7. The number of hydrogen-bond donors (Lipinski definition) is 1. The van der Waals surface area contributed by atoms with E-state index in [4.69, 9.17) is 5.11 Å². The lowest BCUT2D eigenvalue weighted by Gasteiger charge is -2.21. The average Bonchev–Trinajstić information content (AvgIpc) is 2.35. The largest absolute Gasteiger partial charge is 0.478 e. The second-order valence-corrected chi connectivity index (χ2v) is 4.24. The van der Waals surface area contributed by atoms with E-state index in [9.17, 15) is 9.59 Å². The van der Waals surface area contributed by atoms with Crippen molar-refractivity contribution in [1.82, 2.24) is 4.90 Å². The first-order chi connectivity index (χ1) is 8.51. The molecule has 0 radical (unpaired) electrons. The number of carbonyl (C=O) groups excluding carboxylic acids is 1. The van der Waals surface area contributed by atoms with E-state index in [0.717, 1.165) is 12.0 Å². The van der Waals surface area contributed by atoms with Crippen LogP contribution in [0, 0.1) is 6.92 Å². The van der Waals surface area contributed by atoms with Gasteiger partial charge < -0.3 is 10.0 Å². The Morgan fingerprint density at radius 2 is 1.89 bits per heavy atom. The number of carboxylic acids is 1. The van der Waals surface area contributed by atoms with Crippen molar-refractivity contribution in [2.75, 3.05) is 13.1 Å². The number of amides is 1. The molecule has 1 rings (SSSR count). The number of aryl methyl sites for hydroxylation is 1. The minimum atomic E-state index is -1.06. The van der Waals surface area contributed by atoms with Crippen molar-refractivity contribution in [2.24, 2.45) is 0 Å². The number of carbonyl (C=O) groups is 2. The Bertz CT molecular complexity index is 454. The van der Waals surface area contributed by atoms with Gasteiger partial charge in [-0.25, -0.2) is 4.79 Å². The predicted molar refractivity (Wildman–Crippen MR) is 70.0 cm³/mol. The van der Waals surface area contributed by atoms with Gasteiger partial charge in [-0.1, -0.05) is 18.6 Å². The predicted octanol–water partition coefficient (Wildman–Crippen LogP) is 2.57. The lowest BCUT2D eigenvalue weighted by molar-refractivity contribution is 0.0676. The normalized spacial score (nSPS) is 10.2. The van der Waals surface area contributed by atoms with Crippen molar-refractivity contribution in [1.29, 1.82) is 0 Å². The fourth-order valence-electron chi connectivity index (χ4n) is 1.87. The molecule has 0 fully saturated rings. The lowest BCUT2D eigenvalue weighted by atomic mass is 10.0. The van der Waals surface area contributed by atoms with Gasteiger partial charge in [-0.15, -0.1) is 0 Å². The molecule has 0 heterocycles. The van der Waals surface area contributed by atoms with Gasteiger partial charge in [0.05, 0.1) is 11.1 Å². The van der Waals surface area contributed by atoms with Crippen LogP contribution >= 0.6 is 0 Å². The van der Waals surface area contributed by atoms with Crippen LogP contribution in [-0.4, -0.2) is 35.0 Å². The molecule has 1 N–H and O–H groups in total. The molecule has 0 atom stereocenters. The van der Waals surface area contributed by atoms with Crippen molar-refractivity contribution < 1.29 is 14.7 Å². The molecule has 0 aliphatic rings. The summed E-state index contributed by atoms with van der Waals surface area (Å²) in [5.41, 5.74) is 1.18. The van der Waals surface area contributed by atoms with Crippen LogP contribution in [0.1, 0.15) is 46.5 Å². The van der Waals surface area contributed by atoms with E-state index in [1.54, 1.807) is 17.0 Å². The highest BCUT2D eigenvalue weighted by molar-refractivity contribution is 6.04. The third-order valence-corrected chi connectivity index (χ3v) is 2.80. The van der Waals surface area contributed by atoms with E-state index >= 15 is 0 Å². The molecule has 0 bridgehead atoms. The number of nitrogens with zero attached hydrogens (tertiary/aromatic N) is 1. The third kappa shape index (κ3) is 3.09. The quantitative estimate of drug-likeness (QED) is 0.872. The molecule has 1 amide bonds. The lowest BCUT2D eigenvalue weighted by Crippen LogP contribution is -2.32. The Hall–Kier alpha value is -1.84. The van der Waals surface area contributed by atoms with Crippen molar-refractivity contribution in [2.45, 2.75) is 27.2 Å². The summed E-state index contributed by atoms with van der Waals surface area (Å²) in [6.07, 6.45) is 0.855. The standard InChI is InChI=1S/C14H19NO3/c1-4-8-15(5-2)13(16)11-7-6-10(3)9-12(11)14(17)18/h6-7,9H,4-5,8H2,1-3H3,(H,17,18). The molecule has 0 saturated heterocycles. The smallest absolute Gasteiger partial charge is 0.336 e. The van der Waals surface area contributed by atoms with E-state index in [-0.39, 0.29) is 17.0 Å². The van der Waals surface area contributed by atoms with Crippen LogP contribution in [0.2, 0.25) is 0 Å². The summed E-state index contributed by atoms with van der Waals surface area (Å²) in [4.78, 5) is 25.1. The van der Waals surface area contributed by atoms with Gasteiger partial charge in [0.1, 0.15) is 0 Å². The van der Waals surface area contributed by atoms with Crippen LogP contribution < -0.4 is 0 Å². The van der Waals surface area contributed by atoms with Gasteiger partial charge in [-0.05, 0) is 32.4 Å². The highest BCUT2D eigenvalue weighted by Gasteiger charge is 2.20. The Balaban J connectivity index is 3.15. The SMILES string of the molecule is CCCN(CC)C(=O)c1ccc(C)cc1C(=O)O. The molecule has 0 aliphatic carbocycles. The Morgan fingerprint density at radius 3 is 2.39 bits per heavy atom. The first-order valence-corrected chi connectivity index (χ1v) is 6.14. The minimum absolute atomic E-state index is 0.0783. The summed E-state index contributed by atoms with van der Waals surface area (Å²) < 4.78 is 0. The second-order valence-electron chi connectivity index (χ2n) is 4.24. The van der Waals surface area contributed by atoms with Crippen LogP contribution in [-0.2, 0) is 0 Å². The van der Waals surface area contributed by atoms with E-state index in [1.807, 2.05) is 20.8 Å². The van der Waals surface area contributed by atoms with Crippen molar-refractivity contribution >= 4 is 11.9 Å². The number of hydrogen-bond acceptors (Lipinski definition) is 2. The highest BCUT2D eigenvalue weighted by Crippen LogP contribution is 2.14. The van der Waals surface area contributed by atoms with E-state index in [1.165, 1.54) is 6.07 Å². The number of aromatic carboxylic acids is 1. The number of rotatable bonds is 5. The fraction of sp³-hybridized carbons (Fsp3) is 0.429. The zero-order valence-electron chi connectivity index (χ0n) is 11.1. The Kier molecular flexibility index (Phi) is 4.89. The molecule has 4 nitrogen and oxygen atoms in total. The summed E-state index contributed by atoms with van der Waals surface area (Å²) in [6.45, 7) is 6.91. The first-order valence-electron chi connectivity index (χ1n) is 6.14.